The number of amides is 1. The smallest absolute Gasteiger partial charge is 0.340 e. The fourth-order valence-corrected chi connectivity index (χ4v) is 5.12. The summed E-state index contributed by atoms with van der Waals surface area (Å²) in [5, 5.41) is 5.89. The van der Waals surface area contributed by atoms with Crippen LogP contribution >= 0.6 is 0 Å². The molecule has 8 nitrogen and oxygen atoms in total. The molecule has 1 amide bonds. The first-order valence-corrected chi connectivity index (χ1v) is 9.45. The molecular formula is C14H22N4O4S. The molecule has 2 N–H and O–H groups in total. The van der Waals surface area contributed by atoms with Crippen LogP contribution < -0.4 is 5.69 Å². The Hall–Kier alpha value is -1.64. The van der Waals surface area contributed by atoms with Crippen molar-refractivity contribution in [3.63, 3.8) is 0 Å². The molecule has 1 saturated heterocycles. The molecule has 1 aromatic heterocycles. The van der Waals surface area contributed by atoms with Crippen LogP contribution in [0.4, 0.5) is 0 Å². The van der Waals surface area contributed by atoms with Gasteiger partial charge in [-0.05, 0) is 39.5 Å². The van der Waals surface area contributed by atoms with Gasteiger partial charge in [0.15, 0.2) is 9.84 Å². The third-order valence-electron chi connectivity index (χ3n) is 4.80. The third kappa shape index (κ3) is 2.82. The van der Waals surface area contributed by atoms with Crippen molar-refractivity contribution in [2.75, 3.05) is 13.1 Å². The molecule has 9 heteroatoms. The summed E-state index contributed by atoms with van der Waals surface area (Å²) in [6, 6.07) is 0. The number of H-pyrrole nitrogens is 2. The molecule has 128 valence electrons. The molecule has 0 aromatic carbocycles. The van der Waals surface area contributed by atoms with Gasteiger partial charge in [0.25, 0.3) is 0 Å². The van der Waals surface area contributed by atoms with Crippen molar-refractivity contribution in [2.24, 2.45) is 0 Å². The number of carbonyl (C=O) groups is 1. The number of sulfone groups is 1. The number of nitrogens with zero attached hydrogens (tertiary/aromatic N) is 2. The lowest BCUT2D eigenvalue weighted by atomic mass is 9.96. The summed E-state index contributed by atoms with van der Waals surface area (Å²) < 4.78 is 23.7. The van der Waals surface area contributed by atoms with Crippen LogP contribution in [0.2, 0.25) is 0 Å². The van der Waals surface area contributed by atoms with Gasteiger partial charge in [-0.25, -0.2) is 18.3 Å². The Kier molecular flexibility index (Phi) is 3.86. The number of carbonyl (C=O) groups excluding carboxylic acids is 1. The van der Waals surface area contributed by atoms with Gasteiger partial charge in [0.1, 0.15) is 10.6 Å². The molecule has 2 fully saturated rings. The second-order valence-electron chi connectivity index (χ2n) is 6.91. The van der Waals surface area contributed by atoms with E-state index in [0.717, 1.165) is 12.8 Å². The van der Waals surface area contributed by atoms with E-state index in [2.05, 4.69) is 15.2 Å². The highest BCUT2D eigenvalue weighted by Gasteiger charge is 2.52. The van der Waals surface area contributed by atoms with Crippen LogP contribution in [0.5, 0.6) is 0 Å². The first kappa shape index (κ1) is 16.2. The van der Waals surface area contributed by atoms with Crippen LogP contribution in [0, 0.1) is 0 Å². The van der Waals surface area contributed by atoms with E-state index in [9.17, 15) is 18.0 Å². The number of likely N-dealkylation sites (tertiary alicyclic amines) is 1. The average molecular weight is 342 g/mol. The normalized spacial score (nSPS) is 23.0. The Morgan fingerprint density at radius 3 is 2.57 bits per heavy atom. The van der Waals surface area contributed by atoms with Gasteiger partial charge in [-0.3, -0.25) is 9.78 Å². The average Bonchev–Trinajstić information content (AvgIpc) is 3.29. The van der Waals surface area contributed by atoms with E-state index < -0.39 is 14.6 Å². The van der Waals surface area contributed by atoms with Crippen molar-refractivity contribution in [1.29, 1.82) is 0 Å². The third-order valence-corrected chi connectivity index (χ3v) is 7.75. The van der Waals surface area contributed by atoms with E-state index in [1.807, 2.05) is 0 Å². The minimum absolute atomic E-state index is 0.0777. The molecule has 1 unspecified atom stereocenters. The maximum atomic E-state index is 12.8. The van der Waals surface area contributed by atoms with Gasteiger partial charge in [0.2, 0.25) is 5.91 Å². The number of aromatic amines is 2. The number of piperidine rings is 1. The molecule has 1 aliphatic carbocycles. The highest BCUT2D eigenvalue weighted by Crippen LogP contribution is 2.37. The Bertz CT molecular complexity index is 760. The number of rotatable bonds is 4. The zero-order valence-corrected chi connectivity index (χ0v) is 14.1. The monoisotopic (exact) mass is 342 g/mol. The minimum atomic E-state index is -3.46. The predicted molar refractivity (Wildman–Crippen MR) is 83.8 cm³/mol. The standard InChI is InChI=1S/C14H22N4O4S/c1-14(2,23(21,22)10-5-6-10)12(19)18-7-3-4-9(8-18)11-15-13(20)17-16-11/h9-10H,3-8H2,1-2H3,(H2,15,16,17,20). The number of aromatic nitrogens is 3. The van der Waals surface area contributed by atoms with Gasteiger partial charge >= 0.3 is 5.69 Å². The van der Waals surface area contributed by atoms with Gasteiger partial charge in [-0.15, -0.1) is 0 Å². The minimum Gasteiger partial charge on any atom is -0.341 e. The lowest BCUT2D eigenvalue weighted by molar-refractivity contribution is -0.134. The zero-order chi connectivity index (χ0) is 16.8. The Morgan fingerprint density at radius 2 is 2.00 bits per heavy atom. The predicted octanol–water partition coefficient (Wildman–Crippen LogP) is 0.160. The van der Waals surface area contributed by atoms with Crippen LogP contribution in [0.25, 0.3) is 0 Å². The maximum absolute atomic E-state index is 12.8. The second kappa shape index (κ2) is 5.47. The molecule has 0 spiro atoms. The zero-order valence-electron chi connectivity index (χ0n) is 13.3. The molecule has 23 heavy (non-hydrogen) atoms. The van der Waals surface area contributed by atoms with Gasteiger partial charge < -0.3 is 4.90 Å². The van der Waals surface area contributed by atoms with Crippen LogP contribution in [0.15, 0.2) is 4.79 Å². The summed E-state index contributed by atoms with van der Waals surface area (Å²) in [5.74, 6) is 0.0911. The van der Waals surface area contributed by atoms with Crippen LogP contribution in [0.1, 0.15) is 51.3 Å². The van der Waals surface area contributed by atoms with Crippen LogP contribution in [-0.4, -0.2) is 57.5 Å². The summed E-state index contributed by atoms with van der Waals surface area (Å²) in [5.41, 5.74) is -0.375. The highest BCUT2D eigenvalue weighted by molar-refractivity contribution is 7.94. The summed E-state index contributed by atoms with van der Waals surface area (Å²) >= 11 is 0. The van der Waals surface area contributed by atoms with Gasteiger partial charge in [0.05, 0.1) is 5.25 Å². The maximum Gasteiger partial charge on any atom is 0.340 e. The number of nitrogens with one attached hydrogen (secondary N) is 2. The quantitative estimate of drug-likeness (QED) is 0.808. The van der Waals surface area contributed by atoms with E-state index in [-0.39, 0.29) is 22.8 Å². The van der Waals surface area contributed by atoms with E-state index >= 15 is 0 Å². The molecule has 3 rings (SSSR count). The van der Waals surface area contributed by atoms with E-state index in [0.29, 0.717) is 31.8 Å². The lowest BCUT2D eigenvalue weighted by Gasteiger charge is -2.36. The molecular weight excluding hydrogens is 320 g/mol. The lowest BCUT2D eigenvalue weighted by Crippen LogP contribution is -2.53. The van der Waals surface area contributed by atoms with E-state index in [4.69, 9.17) is 0 Å². The fourth-order valence-electron chi connectivity index (χ4n) is 3.16. The van der Waals surface area contributed by atoms with Crippen molar-refractivity contribution < 1.29 is 13.2 Å². The second-order valence-corrected chi connectivity index (χ2v) is 9.69. The summed E-state index contributed by atoms with van der Waals surface area (Å²) in [4.78, 5) is 28.2. The summed E-state index contributed by atoms with van der Waals surface area (Å²) in [6.45, 7) is 3.92. The van der Waals surface area contributed by atoms with Gasteiger partial charge in [0, 0.05) is 19.0 Å². The molecule has 0 radical (unpaired) electrons. The van der Waals surface area contributed by atoms with Crippen molar-refractivity contribution in [2.45, 2.75) is 55.4 Å². The fraction of sp³-hybridized carbons (Fsp3) is 0.786. The molecule has 2 aliphatic rings. The van der Waals surface area contributed by atoms with Crippen LogP contribution in [0.3, 0.4) is 0 Å². The Balaban J connectivity index is 1.78. The van der Waals surface area contributed by atoms with E-state index in [1.165, 1.54) is 13.8 Å². The molecule has 1 saturated carbocycles. The Labute approximate surface area is 134 Å². The van der Waals surface area contributed by atoms with Gasteiger partial charge in [-0.1, -0.05) is 0 Å². The topological polar surface area (TPSA) is 116 Å². The summed E-state index contributed by atoms with van der Waals surface area (Å²) in [6.07, 6.45) is 2.86. The molecule has 2 heterocycles. The SMILES string of the molecule is CC(C)(C(=O)N1CCCC(c2n[nH]c(=O)[nH]2)C1)S(=O)(=O)C1CC1. The van der Waals surface area contributed by atoms with Crippen molar-refractivity contribution in [1.82, 2.24) is 20.1 Å². The van der Waals surface area contributed by atoms with Crippen molar-refractivity contribution >= 4 is 15.7 Å². The van der Waals surface area contributed by atoms with E-state index in [1.54, 1.807) is 4.90 Å². The molecule has 1 aliphatic heterocycles. The number of hydrogen-bond acceptors (Lipinski definition) is 5. The first-order valence-electron chi connectivity index (χ1n) is 7.91. The molecule has 1 aromatic rings. The van der Waals surface area contributed by atoms with Gasteiger partial charge in [-0.2, -0.15) is 5.10 Å². The largest absolute Gasteiger partial charge is 0.341 e. The highest BCUT2D eigenvalue weighted by atomic mass is 32.2. The Morgan fingerprint density at radius 1 is 1.30 bits per heavy atom. The molecule has 0 bridgehead atoms. The van der Waals surface area contributed by atoms with Crippen molar-refractivity contribution in [3.8, 4) is 0 Å². The van der Waals surface area contributed by atoms with Crippen molar-refractivity contribution in [3.05, 3.63) is 16.3 Å². The first-order chi connectivity index (χ1) is 10.7. The number of hydrogen-bond donors (Lipinski definition) is 2. The van der Waals surface area contributed by atoms with Crippen LogP contribution in [-0.2, 0) is 14.6 Å². The molecule has 1 atom stereocenters. The summed E-state index contributed by atoms with van der Waals surface area (Å²) in [7, 11) is -3.46.